The van der Waals surface area contributed by atoms with E-state index in [0.717, 1.165) is 10.9 Å². The molecule has 3 aromatic heterocycles. The summed E-state index contributed by atoms with van der Waals surface area (Å²) >= 11 is 0. The molecule has 23 heavy (non-hydrogen) atoms. The first kappa shape index (κ1) is 13.4. The molecule has 4 aromatic rings. The van der Waals surface area contributed by atoms with Crippen molar-refractivity contribution in [3.63, 3.8) is 0 Å². The van der Waals surface area contributed by atoms with E-state index in [4.69, 9.17) is 9.26 Å². The second kappa shape index (κ2) is 5.49. The number of para-hydroxylation sites is 1. The molecule has 0 N–H and O–H groups in total. The van der Waals surface area contributed by atoms with Gasteiger partial charge in [0, 0.05) is 11.6 Å². The minimum absolute atomic E-state index is 0.357. The summed E-state index contributed by atoms with van der Waals surface area (Å²) in [5.74, 6) is 1.23. The normalized spacial score (nSPS) is 10.8. The highest BCUT2D eigenvalue weighted by atomic mass is 16.5. The van der Waals surface area contributed by atoms with Crippen molar-refractivity contribution < 1.29 is 9.26 Å². The van der Waals surface area contributed by atoms with Gasteiger partial charge in [0.2, 0.25) is 11.7 Å². The molecule has 0 amide bonds. The molecule has 0 fully saturated rings. The minimum Gasteiger partial charge on any atom is -0.480 e. The van der Waals surface area contributed by atoms with E-state index in [1.54, 1.807) is 13.3 Å². The maximum absolute atomic E-state index is 5.37. The first-order chi connectivity index (χ1) is 11.3. The van der Waals surface area contributed by atoms with Crippen LogP contribution >= 0.6 is 0 Å². The molecule has 0 saturated carbocycles. The van der Waals surface area contributed by atoms with Gasteiger partial charge in [-0.05, 0) is 24.3 Å². The maximum Gasteiger partial charge on any atom is 0.276 e. The fourth-order valence-electron chi connectivity index (χ4n) is 2.34. The van der Waals surface area contributed by atoms with E-state index in [-0.39, 0.29) is 0 Å². The molecule has 0 aliphatic carbocycles. The summed E-state index contributed by atoms with van der Waals surface area (Å²) < 4.78 is 10.7. The lowest BCUT2D eigenvalue weighted by atomic mass is 10.1. The maximum atomic E-state index is 5.37. The Bertz CT molecular complexity index is 967. The Kier molecular flexibility index (Phi) is 3.20. The monoisotopic (exact) mass is 304 g/mol. The van der Waals surface area contributed by atoms with Crippen LogP contribution in [0.25, 0.3) is 33.9 Å². The van der Waals surface area contributed by atoms with E-state index >= 15 is 0 Å². The molecular weight excluding hydrogens is 292 g/mol. The van der Waals surface area contributed by atoms with E-state index in [2.05, 4.69) is 20.1 Å². The summed E-state index contributed by atoms with van der Waals surface area (Å²) in [5.41, 5.74) is 2.15. The summed E-state index contributed by atoms with van der Waals surface area (Å²) in [6.07, 6.45) is 1.68. The first-order valence-corrected chi connectivity index (χ1v) is 7.04. The highest BCUT2D eigenvalue weighted by Gasteiger charge is 2.17. The van der Waals surface area contributed by atoms with Gasteiger partial charge < -0.3 is 9.26 Å². The van der Waals surface area contributed by atoms with Gasteiger partial charge in [-0.25, -0.2) is 4.98 Å². The van der Waals surface area contributed by atoms with Gasteiger partial charge >= 0.3 is 0 Å². The van der Waals surface area contributed by atoms with Gasteiger partial charge in [0.05, 0.1) is 18.2 Å². The summed E-state index contributed by atoms with van der Waals surface area (Å²) in [6, 6.07) is 15.2. The van der Waals surface area contributed by atoms with Crippen LogP contribution in [0.3, 0.4) is 0 Å². The summed E-state index contributed by atoms with van der Waals surface area (Å²) in [6.45, 7) is 0. The molecule has 112 valence electrons. The minimum atomic E-state index is 0.357. The smallest absolute Gasteiger partial charge is 0.276 e. The molecule has 0 aliphatic heterocycles. The Balaban J connectivity index is 1.84. The molecule has 0 saturated heterocycles. The van der Waals surface area contributed by atoms with Crippen molar-refractivity contribution in [1.29, 1.82) is 0 Å². The quantitative estimate of drug-likeness (QED) is 0.578. The lowest BCUT2D eigenvalue weighted by Crippen LogP contribution is -1.94. The van der Waals surface area contributed by atoms with Crippen molar-refractivity contribution in [3.05, 3.63) is 54.7 Å². The molecule has 6 nitrogen and oxygen atoms in total. The number of pyridine rings is 2. The Morgan fingerprint density at radius 3 is 2.70 bits per heavy atom. The topological polar surface area (TPSA) is 73.9 Å². The lowest BCUT2D eigenvalue weighted by molar-refractivity contribution is 0.399. The molecule has 0 spiro atoms. The number of fused-ring (bicyclic) bond motifs is 1. The number of benzene rings is 1. The molecule has 4 rings (SSSR count). The second-order valence-electron chi connectivity index (χ2n) is 4.88. The standard InChI is InChI=1S/C17H12N4O2/c1-22-16-12(10-11-6-2-3-7-13(11)19-16)15-20-17(23-21-15)14-8-4-5-9-18-14/h2-10H,1H3. The number of nitrogens with zero attached hydrogens (tertiary/aromatic N) is 4. The molecular formula is C17H12N4O2. The molecule has 6 heteroatoms. The summed E-state index contributed by atoms with van der Waals surface area (Å²) in [4.78, 5) is 13.1. The fourth-order valence-corrected chi connectivity index (χ4v) is 2.34. The van der Waals surface area contributed by atoms with E-state index in [0.29, 0.717) is 28.9 Å². The Morgan fingerprint density at radius 1 is 1.00 bits per heavy atom. The molecule has 3 heterocycles. The van der Waals surface area contributed by atoms with Crippen molar-refractivity contribution in [2.75, 3.05) is 7.11 Å². The van der Waals surface area contributed by atoms with Gasteiger partial charge in [-0.3, -0.25) is 4.98 Å². The van der Waals surface area contributed by atoms with E-state index in [1.165, 1.54) is 0 Å². The van der Waals surface area contributed by atoms with Gasteiger partial charge in [0.1, 0.15) is 5.69 Å². The third-order valence-electron chi connectivity index (χ3n) is 3.43. The van der Waals surface area contributed by atoms with E-state index in [9.17, 15) is 0 Å². The van der Waals surface area contributed by atoms with Crippen LogP contribution < -0.4 is 4.74 Å². The lowest BCUT2D eigenvalue weighted by Gasteiger charge is -2.06. The number of hydrogen-bond acceptors (Lipinski definition) is 6. The molecule has 0 radical (unpaired) electrons. The SMILES string of the molecule is COc1nc2ccccc2cc1-c1noc(-c2ccccn2)n1. The van der Waals surface area contributed by atoms with Crippen molar-refractivity contribution in [2.45, 2.75) is 0 Å². The van der Waals surface area contributed by atoms with Gasteiger partial charge in [-0.1, -0.05) is 29.4 Å². The van der Waals surface area contributed by atoms with Crippen molar-refractivity contribution in [3.8, 4) is 28.9 Å². The third-order valence-corrected chi connectivity index (χ3v) is 3.43. The van der Waals surface area contributed by atoms with Gasteiger partial charge in [-0.2, -0.15) is 4.98 Å². The van der Waals surface area contributed by atoms with Crippen LogP contribution in [-0.2, 0) is 0 Å². The van der Waals surface area contributed by atoms with Crippen LogP contribution in [0.1, 0.15) is 0 Å². The zero-order valence-corrected chi connectivity index (χ0v) is 12.3. The average molecular weight is 304 g/mol. The number of ether oxygens (including phenoxy) is 1. The Labute approximate surface area is 131 Å². The van der Waals surface area contributed by atoms with E-state index < -0.39 is 0 Å². The molecule has 0 atom stereocenters. The molecule has 0 aliphatic rings. The highest BCUT2D eigenvalue weighted by molar-refractivity contribution is 5.84. The predicted molar refractivity (Wildman–Crippen MR) is 84.8 cm³/mol. The van der Waals surface area contributed by atoms with Crippen LogP contribution in [0.5, 0.6) is 5.88 Å². The number of rotatable bonds is 3. The van der Waals surface area contributed by atoms with Crippen LogP contribution in [0.15, 0.2) is 59.3 Å². The Hall–Kier alpha value is -3.28. The van der Waals surface area contributed by atoms with E-state index in [1.807, 2.05) is 48.5 Å². The molecule has 0 bridgehead atoms. The predicted octanol–water partition coefficient (Wildman–Crippen LogP) is 3.36. The van der Waals surface area contributed by atoms with Gasteiger partial charge in [0.25, 0.3) is 5.89 Å². The first-order valence-electron chi connectivity index (χ1n) is 7.04. The second-order valence-corrected chi connectivity index (χ2v) is 4.88. The molecule has 0 unspecified atom stereocenters. The van der Waals surface area contributed by atoms with Crippen LogP contribution in [-0.4, -0.2) is 27.2 Å². The highest BCUT2D eigenvalue weighted by Crippen LogP contribution is 2.30. The van der Waals surface area contributed by atoms with Crippen molar-refractivity contribution in [1.82, 2.24) is 20.1 Å². The van der Waals surface area contributed by atoms with Crippen LogP contribution in [0.4, 0.5) is 0 Å². The fraction of sp³-hybridized carbons (Fsp3) is 0.0588. The van der Waals surface area contributed by atoms with Crippen molar-refractivity contribution in [2.24, 2.45) is 0 Å². The van der Waals surface area contributed by atoms with Gasteiger partial charge in [-0.15, -0.1) is 0 Å². The van der Waals surface area contributed by atoms with Crippen molar-refractivity contribution >= 4 is 10.9 Å². The average Bonchev–Trinajstić information content (AvgIpc) is 3.11. The number of aromatic nitrogens is 4. The van der Waals surface area contributed by atoms with Crippen LogP contribution in [0, 0.1) is 0 Å². The Morgan fingerprint density at radius 2 is 1.87 bits per heavy atom. The number of methoxy groups -OCH3 is 1. The zero-order chi connectivity index (χ0) is 15.6. The van der Waals surface area contributed by atoms with Crippen LogP contribution in [0.2, 0.25) is 0 Å². The van der Waals surface area contributed by atoms with Gasteiger partial charge in [0.15, 0.2) is 0 Å². The zero-order valence-electron chi connectivity index (χ0n) is 12.3. The largest absolute Gasteiger partial charge is 0.480 e. The summed E-state index contributed by atoms with van der Waals surface area (Å²) in [7, 11) is 1.57. The summed E-state index contributed by atoms with van der Waals surface area (Å²) in [5, 5.41) is 5.01. The third kappa shape index (κ3) is 2.40. The number of hydrogen-bond donors (Lipinski definition) is 0. The molecule has 1 aromatic carbocycles.